The van der Waals surface area contributed by atoms with Crippen LogP contribution in [0, 0.1) is 12.3 Å². The van der Waals surface area contributed by atoms with Crippen LogP contribution in [0.3, 0.4) is 0 Å². The van der Waals surface area contributed by atoms with Gasteiger partial charge in [-0.2, -0.15) is 5.10 Å². The molecule has 15 heavy (non-hydrogen) atoms. The van der Waals surface area contributed by atoms with Crippen LogP contribution in [0.25, 0.3) is 11.1 Å². The van der Waals surface area contributed by atoms with Gasteiger partial charge >= 0.3 is 0 Å². The summed E-state index contributed by atoms with van der Waals surface area (Å²) < 4.78 is 1.69. The summed E-state index contributed by atoms with van der Waals surface area (Å²) in [4.78, 5) is 0. The predicted octanol–water partition coefficient (Wildman–Crippen LogP) is 2.72. The van der Waals surface area contributed by atoms with Gasteiger partial charge in [-0.05, 0) is 12.0 Å². The molecule has 0 atom stereocenters. The molecule has 0 unspecified atom stereocenters. The molecule has 0 spiro atoms. The maximum atomic E-state index is 6.09. The van der Waals surface area contributed by atoms with Gasteiger partial charge in [0.1, 0.15) is 5.69 Å². The SMILES string of the molecule is C#Cc1nn(C)cc1-c1ccccc1Cl. The molecule has 1 heterocycles. The monoisotopic (exact) mass is 216 g/mol. The molecule has 0 aliphatic rings. The summed E-state index contributed by atoms with van der Waals surface area (Å²) in [5, 5.41) is 4.85. The quantitative estimate of drug-likeness (QED) is 0.671. The standard InChI is InChI=1S/C12H9ClN2/c1-3-12-10(8-15(2)14-12)9-6-4-5-7-11(9)13/h1,4-8H,2H3. The van der Waals surface area contributed by atoms with E-state index >= 15 is 0 Å². The topological polar surface area (TPSA) is 17.8 Å². The Morgan fingerprint density at radius 2 is 2.07 bits per heavy atom. The lowest BCUT2D eigenvalue weighted by Gasteiger charge is -2.00. The van der Waals surface area contributed by atoms with Gasteiger partial charge in [0.15, 0.2) is 0 Å². The molecule has 1 aromatic carbocycles. The van der Waals surface area contributed by atoms with Crippen molar-refractivity contribution >= 4 is 11.6 Å². The van der Waals surface area contributed by atoms with Gasteiger partial charge in [0.25, 0.3) is 0 Å². The first-order valence-corrected chi connectivity index (χ1v) is 4.85. The van der Waals surface area contributed by atoms with Crippen molar-refractivity contribution in [3.8, 4) is 23.5 Å². The molecule has 74 valence electrons. The van der Waals surface area contributed by atoms with Crippen LogP contribution in [0.2, 0.25) is 5.02 Å². The number of benzene rings is 1. The Labute approximate surface area is 93.5 Å². The van der Waals surface area contributed by atoms with E-state index in [1.807, 2.05) is 37.5 Å². The van der Waals surface area contributed by atoms with Crippen molar-refractivity contribution in [3.63, 3.8) is 0 Å². The van der Waals surface area contributed by atoms with E-state index in [2.05, 4.69) is 11.0 Å². The number of aromatic nitrogens is 2. The van der Waals surface area contributed by atoms with Gasteiger partial charge in [0.05, 0.1) is 0 Å². The summed E-state index contributed by atoms with van der Waals surface area (Å²) >= 11 is 6.09. The largest absolute Gasteiger partial charge is 0.274 e. The fraction of sp³-hybridized carbons (Fsp3) is 0.0833. The highest BCUT2D eigenvalue weighted by Crippen LogP contribution is 2.29. The number of hydrogen-bond acceptors (Lipinski definition) is 1. The third-order valence-corrected chi connectivity index (χ3v) is 2.46. The molecule has 0 aliphatic carbocycles. The number of hydrogen-bond donors (Lipinski definition) is 0. The van der Waals surface area contributed by atoms with Crippen LogP contribution in [0.1, 0.15) is 5.69 Å². The Morgan fingerprint density at radius 3 is 2.73 bits per heavy atom. The van der Waals surface area contributed by atoms with Crippen LogP contribution >= 0.6 is 11.6 Å². The molecule has 0 amide bonds. The lowest BCUT2D eigenvalue weighted by molar-refractivity contribution is 0.764. The van der Waals surface area contributed by atoms with Crippen molar-refractivity contribution in [2.24, 2.45) is 7.05 Å². The van der Waals surface area contributed by atoms with Gasteiger partial charge in [-0.25, -0.2) is 0 Å². The molecule has 2 aromatic rings. The number of terminal acetylenes is 1. The third-order valence-electron chi connectivity index (χ3n) is 2.13. The molecule has 0 radical (unpaired) electrons. The predicted molar refractivity (Wildman–Crippen MR) is 61.6 cm³/mol. The second-order valence-corrected chi connectivity index (χ2v) is 3.60. The van der Waals surface area contributed by atoms with E-state index in [0.29, 0.717) is 10.7 Å². The van der Waals surface area contributed by atoms with Crippen molar-refractivity contribution in [2.75, 3.05) is 0 Å². The first kappa shape index (κ1) is 9.82. The normalized spacial score (nSPS) is 9.93. The highest BCUT2D eigenvalue weighted by Gasteiger charge is 2.10. The van der Waals surface area contributed by atoms with Gasteiger partial charge in [0.2, 0.25) is 0 Å². The van der Waals surface area contributed by atoms with Crippen molar-refractivity contribution in [1.29, 1.82) is 0 Å². The zero-order valence-corrected chi connectivity index (χ0v) is 8.99. The van der Waals surface area contributed by atoms with E-state index in [0.717, 1.165) is 11.1 Å². The third kappa shape index (κ3) is 1.74. The molecule has 1 aromatic heterocycles. The smallest absolute Gasteiger partial charge is 0.142 e. The number of halogens is 1. The van der Waals surface area contributed by atoms with Crippen LogP contribution in [0.4, 0.5) is 0 Å². The highest BCUT2D eigenvalue weighted by molar-refractivity contribution is 6.33. The Bertz CT molecular complexity index is 535. The highest BCUT2D eigenvalue weighted by atomic mass is 35.5. The summed E-state index contributed by atoms with van der Waals surface area (Å²) in [5.41, 5.74) is 2.43. The molecule has 0 aliphatic heterocycles. The average molecular weight is 217 g/mol. The number of aryl methyl sites for hydroxylation is 1. The summed E-state index contributed by atoms with van der Waals surface area (Å²) in [5.74, 6) is 2.55. The molecule has 2 rings (SSSR count). The molecule has 2 nitrogen and oxygen atoms in total. The second kappa shape index (κ2) is 3.80. The van der Waals surface area contributed by atoms with Crippen LogP contribution in [-0.4, -0.2) is 9.78 Å². The summed E-state index contributed by atoms with van der Waals surface area (Å²) in [6, 6.07) is 7.58. The first-order chi connectivity index (χ1) is 7.22. The van der Waals surface area contributed by atoms with E-state index in [1.165, 1.54) is 0 Å². The van der Waals surface area contributed by atoms with Crippen LogP contribution in [-0.2, 0) is 7.05 Å². The van der Waals surface area contributed by atoms with E-state index < -0.39 is 0 Å². The average Bonchev–Trinajstić information content (AvgIpc) is 2.60. The molecule has 0 fully saturated rings. The molecule has 0 N–H and O–H groups in total. The minimum absolute atomic E-state index is 0.616. The maximum absolute atomic E-state index is 6.09. The first-order valence-electron chi connectivity index (χ1n) is 4.47. The van der Waals surface area contributed by atoms with E-state index in [-0.39, 0.29) is 0 Å². The fourth-order valence-corrected chi connectivity index (χ4v) is 1.71. The summed E-state index contributed by atoms with van der Waals surface area (Å²) in [6.45, 7) is 0. The van der Waals surface area contributed by atoms with Gasteiger partial charge in [-0.1, -0.05) is 29.8 Å². The minimum Gasteiger partial charge on any atom is -0.274 e. The van der Waals surface area contributed by atoms with Crippen LogP contribution in [0.5, 0.6) is 0 Å². The minimum atomic E-state index is 0.616. The molecule has 0 saturated heterocycles. The van der Waals surface area contributed by atoms with Crippen molar-refractivity contribution < 1.29 is 0 Å². The Hall–Kier alpha value is -1.72. The molecule has 3 heteroatoms. The van der Waals surface area contributed by atoms with Gasteiger partial charge < -0.3 is 0 Å². The van der Waals surface area contributed by atoms with Gasteiger partial charge in [-0.3, -0.25) is 4.68 Å². The molecular weight excluding hydrogens is 208 g/mol. The van der Waals surface area contributed by atoms with Gasteiger partial charge in [-0.15, -0.1) is 6.42 Å². The zero-order chi connectivity index (χ0) is 10.8. The zero-order valence-electron chi connectivity index (χ0n) is 8.24. The maximum Gasteiger partial charge on any atom is 0.142 e. The lowest BCUT2D eigenvalue weighted by Crippen LogP contribution is -1.86. The molecular formula is C12H9ClN2. The Morgan fingerprint density at radius 1 is 1.33 bits per heavy atom. The Kier molecular flexibility index (Phi) is 2.49. The van der Waals surface area contributed by atoms with Crippen molar-refractivity contribution in [2.45, 2.75) is 0 Å². The van der Waals surface area contributed by atoms with Crippen LogP contribution in [0.15, 0.2) is 30.5 Å². The van der Waals surface area contributed by atoms with E-state index in [9.17, 15) is 0 Å². The number of nitrogens with zero attached hydrogens (tertiary/aromatic N) is 2. The second-order valence-electron chi connectivity index (χ2n) is 3.19. The van der Waals surface area contributed by atoms with Crippen molar-refractivity contribution in [1.82, 2.24) is 9.78 Å². The molecule has 0 bridgehead atoms. The Balaban J connectivity index is 2.65. The van der Waals surface area contributed by atoms with Gasteiger partial charge in [0, 0.05) is 29.4 Å². The summed E-state index contributed by atoms with van der Waals surface area (Å²) in [6.07, 6.45) is 7.25. The van der Waals surface area contributed by atoms with Crippen molar-refractivity contribution in [3.05, 3.63) is 41.2 Å². The summed E-state index contributed by atoms with van der Waals surface area (Å²) in [7, 11) is 1.83. The number of rotatable bonds is 1. The van der Waals surface area contributed by atoms with E-state index in [1.54, 1.807) is 4.68 Å². The van der Waals surface area contributed by atoms with Crippen LogP contribution < -0.4 is 0 Å². The molecule has 0 saturated carbocycles. The lowest BCUT2D eigenvalue weighted by atomic mass is 10.1. The van der Waals surface area contributed by atoms with E-state index in [4.69, 9.17) is 18.0 Å². The fourth-order valence-electron chi connectivity index (χ4n) is 1.47.